The molecule has 5 aromatic rings. The van der Waals surface area contributed by atoms with Gasteiger partial charge in [-0.2, -0.15) is 0 Å². The van der Waals surface area contributed by atoms with Crippen molar-refractivity contribution in [3.63, 3.8) is 0 Å². The summed E-state index contributed by atoms with van der Waals surface area (Å²) in [5, 5.41) is 13.0. The average Bonchev–Trinajstić information content (AvgIpc) is 3.44. The van der Waals surface area contributed by atoms with Gasteiger partial charge in [0, 0.05) is 36.3 Å². The molecule has 0 radical (unpaired) electrons. The minimum atomic E-state index is -3.34. The van der Waals surface area contributed by atoms with Gasteiger partial charge in [0.1, 0.15) is 22.9 Å². The second-order valence-corrected chi connectivity index (χ2v) is 11.5. The third kappa shape index (κ3) is 5.60. The molecule has 1 heterocycles. The molecular formula is C31H27N3O5S. The molecule has 9 heteroatoms. The molecule has 1 aromatic heterocycles. The van der Waals surface area contributed by atoms with Crippen LogP contribution in [0, 0.1) is 0 Å². The molecule has 4 aromatic carbocycles. The maximum atomic E-state index is 13.2. The van der Waals surface area contributed by atoms with Gasteiger partial charge < -0.3 is 19.7 Å². The highest BCUT2D eigenvalue weighted by Gasteiger charge is 2.31. The second-order valence-electron chi connectivity index (χ2n) is 9.49. The van der Waals surface area contributed by atoms with E-state index < -0.39 is 21.3 Å². The largest absolute Gasteiger partial charge is 0.508 e. The van der Waals surface area contributed by atoms with Crippen LogP contribution in [0.1, 0.15) is 28.5 Å². The minimum Gasteiger partial charge on any atom is -0.508 e. The van der Waals surface area contributed by atoms with Gasteiger partial charge in [-0.05, 0) is 42.3 Å². The first kappa shape index (κ1) is 26.7. The van der Waals surface area contributed by atoms with Crippen LogP contribution in [0.25, 0.3) is 0 Å². The van der Waals surface area contributed by atoms with E-state index in [4.69, 9.17) is 4.74 Å². The predicted octanol–water partition coefficient (Wildman–Crippen LogP) is 5.85. The number of carbonyl (C=O) groups is 1. The van der Waals surface area contributed by atoms with Crippen LogP contribution in [-0.2, 0) is 15.4 Å². The fourth-order valence-electron chi connectivity index (χ4n) is 4.48. The van der Waals surface area contributed by atoms with E-state index in [9.17, 15) is 18.3 Å². The number of nitrogens with one attached hydrogen (secondary N) is 1. The van der Waals surface area contributed by atoms with Crippen LogP contribution in [0.4, 0.5) is 5.69 Å². The fraction of sp³-hybridized carbons (Fsp3) is 0.0968. The normalized spacial score (nSPS) is 11.7. The molecule has 1 amide bonds. The van der Waals surface area contributed by atoms with Gasteiger partial charge in [0.15, 0.2) is 9.84 Å². The number of benzene rings is 4. The number of aromatic hydroxyl groups is 1. The number of phenols is 1. The Morgan fingerprint density at radius 3 is 2.05 bits per heavy atom. The van der Waals surface area contributed by atoms with E-state index in [1.807, 2.05) is 65.2 Å². The molecule has 0 unspecified atom stereocenters. The Hall–Kier alpha value is -4.89. The van der Waals surface area contributed by atoms with Crippen molar-refractivity contribution in [3.8, 4) is 17.2 Å². The van der Waals surface area contributed by atoms with Crippen LogP contribution in [0.15, 0.2) is 121 Å². The molecule has 0 aliphatic carbocycles. The number of ether oxygens (including phenoxy) is 1. The van der Waals surface area contributed by atoms with Crippen molar-refractivity contribution >= 4 is 21.4 Å². The summed E-state index contributed by atoms with van der Waals surface area (Å²) in [6.07, 6.45) is 4.45. The summed E-state index contributed by atoms with van der Waals surface area (Å²) >= 11 is 0. The maximum Gasteiger partial charge on any atom is 0.275 e. The zero-order valence-corrected chi connectivity index (χ0v) is 22.7. The molecule has 0 fully saturated rings. The summed E-state index contributed by atoms with van der Waals surface area (Å²) in [5.74, 6) is 0.0480. The summed E-state index contributed by atoms with van der Waals surface area (Å²) in [7, 11) is -3.34. The van der Waals surface area contributed by atoms with Crippen LogP contribution in [-0.4, -0.2) is 35.2 Å². The molecule has 0 aliphatic rings. The maximum absolute atomic E-state index is 13.2. The number of aromatic nitrogens is 2. The van der Waals surface area contributed by atoms with E-state index in [-0.39, 0.29) is 22.1 Å². The number of hydrogen-bond acceptors (Lipinski definition) is 6. The predicted molar refractivity (Wildman–Crippen MR) is 153 cm³/mol. The number of rotatable bonds is 8. The van der Waals surface area contributed by atoms with Gasteiger partial charge in [-0.1, -0.05) is 60.7 Å². The SMILES string of the molecule is CC(c1ccccc1)(c1ccccc1)n1cnc(C(=O)Nc2cc(O)cc(Oc3ccc(S(C)(=O)=O)cc3)c2)c1. The minimum absolute atomic E-state index is 0.119. The molecule has 0 aliphatic heterocycles. The molecule has 40 heavy (non-hydrogen) atoms. The molecule has 0 saturated heterocycles. The van der Waals surface area contributed by atoms with Crippen molar-refractivity contribution in [2.75, 3.05) is 11.6 Å². The number of imidazole rings is 1. The van der Waals surface area contributed by atoms with E-state index in [1.54, 1.807) is 18.6 Å². The van der Waals surface area contributed by atoms with Crippen LogP contribution < -0.4 is 10.1 Å². The third-order valence-electron chi connectivity index (χ3n) is 6.64. The van der Waals surface area contributed by atoms with E-state index in [1.165, 1.54) is 36.4 Å². The fourth-order valence-corrected chi connectivity index (χ4v) is 5.11. The van der Waals surface area contributed by atoms with Gasteiger partial charge in [0.05, 0.1) is 16.8 Å². The van der Waals surface area contributed by atoms with E-state index in [2.05, 4.69) is 17.2 Å². The first-order valence-electron chi connectivity index (χ1n) is 12.4. The van der Waals surface area contributed by atoms with Crippen molar-refractivity contribution in [1.82, 2.24) is 9.55 Å². The Kier molecular flexibility index (Phi) is 7.15. The molecule has 0 atom stereocenters. The second kappa shape index (κ2) is 10.7. The number of phenolic OH excluding ortho intramolecular Hbond substituents is 1. The van der Waals surface area contributed by atoms with E-state index in [0.717, 1.165) is 17.4 Å². The first-order valence-corrected chi connectivity index (χ1v) is 14.3. The summed E-state index contributed by atoms with van der Waals surface area (Å²) in [4.78, 5) is 17.7. The Bertz CT molecular complexity index is 1710. The number of amides is 1. The number of sulfone groups is 1. The highest BCUT2D eigenvalue weighted by Crippen LogP contribution is 2.34. The van der Waals surface area contributed by atoms with Crippen molar-refractivity contribution in [3.05, 3.63) is 132 Å². The molecular weight excluding hydrogens is 526 g/mol. The van der Waals surface area contributed by atoms with Gasteiger partial charge in [-0.25, -0.2) is 13.4 Å². The zero-order chi connectivity index (χ0) is 28.3. The lowest BCUT2D eigenvalue weighted by atomic mass is 9.84. The van der Waals surface area contributed by atoms with Crippen molar-refractivity contribution in [1.29, 1.82) is 0 Å². The highest BCUT2D eigenvalue weighted by molar-refractivity contribution is 7.90. The molecule has 2 N–H and O–H groups in total. The molecule has 0 bridgehead atoms. The van der Waals surface area contributed by atoms with Crippen molar-refractivity contribution in [2.45, 2.75) is 17.4 Å². The topological polar surface area (TPSA) is 111 Å². The average molecular weight is 554 g/mol. The Labute approximate surface area is 232 Å². The van der Waals surface area contributed by atoms with Crippen LogP contribution in [0.2, 0.25) is 0 Å². The lowest BCUT2D eigenvalue weighted by Crippen LogP contribution is -2.32. The number of anilines is 1. The Morgan fingerprint density at radius 1 is 0.875 bits per heavy atom. The lowest BCUT2D eigenvalue weighted by Gasteiger charge is -2.32. The van der Waals surface area contributed by atoms with Gasteiger partial charge in [-0.15, -0.1) is 0 Å². The third-order valence-corrected chi connectivity index (χ3v) is 7.77. The molecule has 8 nitrogen and oxygen atoms in total. The zero-order valence-electron chi connectivity index (χ0n) is 21.9. The van der Waals surface area contributed by atoms with Gasteiger partial charge in [0.2, 0.25) is 0 Å². The van der Waals surface area contributed by atoms with Crippen LogP contribution in [0.3, 0.4) is 0 Å². The van der Waals surface area contributed by atoms with Crippen LogP contribution in [0.5, 0.6) is 17.2 Å². The molecule has 0 spiro atoms. The quantitative estimate of drug-likeness (QED) is 0.249. The summed E-state index contributed by atoms with van der Waals surface area (Å²) < 4.78 is 31.1. The molecule has 5 rings (SSSR count). The van der Waals surface area contributed by atoms with Gasteiger partial charge in [0.25, 0.3) is 5.91 Å². The van der Waals surface area contributed by atoms with E-state index in [0.29, 0.717) is 11.4 Å². The first-order chi connectivity index (χ1) is 19.1. The Balaban J connectivity index is 1.38. The standard InChI is InChI=1S/C31H27N3O5S/c1-31(22-9-5-3-6-10-22,23-11-7-4-8-12-23)34-20-29(32-21-34)30(36)33-24-17-25(35)19-27(18-24)39-26-13-15-28(16-14-26)40(2,37)38/h3-21,35H,1-2H3,(H,33,36). The highest BCUT2D eigenvalue weighted by atomic mass is 32.2. The van der Waals surface area contributed by atoms with Crippen LogP contribution >= 0.6 is 0 Å². The summed E-state index contributed by atoms with van der Waals surface area (Å²) in [5.41, 5.74) is 1.94. The smallest absolute Gasteiger partial charge is 0.275 e. The number of hydrogen-bond donors (Lipinski definition) is 2. The molecule has 0 saturated carbocycles. The molecule has 202 valence electrons. The Morgan fingerprint density at radius 2 is 1.48 bits per heavy atom. The van der Waals surface area contributed by atoms with E-state index >= 15 is 0 Å². The van der Waals surface area contributed by atoms with Gasteiger partial charge >= 0.3 is 0 Å². The number of nitrogens with zero attached hydrogens (tertiary/aromatic N) is 2. The van der Waals surface area contributed by atoms with Crippen molar-refractivity contribution in [2.24, 2.45) is 0 Å². The summed E-state index contributed by atoms with van der Waals surface area (Å²) in [6.45, 7) is 2.07. The monoisotopic (exact) mass is 553 g/mol. The lowest BCUT2D eigenvalue weighted by molar-refractivity contribution is 0.102. The number of carbonyl (C=O) groups excluding carboxylic acids is 1. The van der Waals surface area contributed by atoms with Crippen molar-refractivity contribution < 1.29 is 23.1 Å². The van der Waals surface area contributed by atoms with Gasteiger partial charge in [-0.3, -0.25) is 4.79 Å². The summed E-state index contributed by atoms with van der Waals surface area (Å²) in [6, 6.07) is 30.2.